The van der Waals surface area contributed by atoms with Crippen LogP contribution in [0.15, 0.2) is 6.33 Å². The third-order valence-corrected chi connectivity index (χ3v) is 3.90. The van der Waals surface area contributed by atoms with E-state index in [1.54, 1.807) is 11.2 Å². The molecule has 6 nitrogen and oxygen atoms in total. The molecule has 0 radical (unpaired) electrons. The maximum absolute atomic E-state index is 10.7. The van der Waals surface area contributed by atoms with Gasteiger partial charge in [0, 0.05) is 44.2 Å². The highest BCUT2D eigenvalue weighted by Gasteiger charge is 2.24. The largest absolute Gasteiger partial charge is 0.365 e. The SMILES string of the molecule is CN1CCc2ncnc(N[C@H]3CCN(C=O)C3)c2C1. The Bertz CT molecular complexity index is 478. The van der Waals surface area contributed by atoms with Crippen molar-refractivity contribution in [3.8, 4) is 0 Å². The van der Waals surface area contributed by atoms with E-state index < -0.39 is 0 Å². The summed E-state index contributed by atoms with van der Waals surface area (Å²) < 4.78 is 0. The summed E-state index contributed by atoms with van der Waals surface area (Å²) in [4.78, 5) is 23.6. The highest BCUT2D eigenvalue weighted by atomic mass is 16.1. The predicted octanol–water partition coefficient (Wildman–Crippen LogP) is 0.107. The maximum atomic E-state index is 10.7. The van der Waals surface area contributed by atoms with Gasteiger partial charge in [0.25, 0.3) is 0 Å². The molecule has 0 spiro atoms. The molecule has 2 aliphatic heterocycles. The van der Waals surface area contributed by atoms with Crippen molar-refractivity contribution in [3.05, 3.63) is 17.6 Å². The zero-order valence-electron chi connectivity index (χ0n) is 11.2. The maximum Gasteiger partial charge on any atom is 0.209 e. The molecule has 1 aromatic heterocycles. The lowest BCUT2D eigenvalue weighted by atomic mass is 10.1. The van der Waals surface area contributed by atoms with Gasteiger partial charge in [-0.2, -0.15) is 0 Å². The molecule has 0 aromatic carbocycles. The fourth-order valence-corrected chi connectivity index (χ4v) is 2.79. The average Bonchev–Trinajstić information content (AvgIpc) is 2.87. The standard InChI is InChI=1S/C13H19N5O/c1-17-4-3-12-11(7-17)13(15-8-14-12)16-10-2-5-18(6-10)9-19/h8-10H,2-7H2,1H3,(H,14,15,16)/t10-/m0/s1. The van der Waals surface area contributed by atoms with Gasteiger partial charge in [0.2, 0.25) is 6.41 Å². The second-order valence-corrected chi connectivity index (χ2v) is 5.37. The Kier molecular flexibility index (Phi) is 3.33. The predicted molar refractivity (Wildman–Crippen MR) is 71.7 cm³/mol. The van der Waals surface area contributed by atoms with Crippen LogP contribution in [0.25, 0.3) is 0 Å². The number of aromatic nitrogens is 2. The molecule has 19 heavy (non-hydrogen) atoms. The van der Waals surface area contributed by atoms with Crippen molar-refractivity contribution in [2.45, 2.75) is 25.4 Å². The van der Waals surface area contributed by atoms with Crippen LogP contribution in [0.5, 0.6) is 0 Å². The smallest absolute Gasteiger partial charge is 0.209 e. The van der Waals surface area contributed by atoms with E-state index in [0.717, 1.165) is 56.9 Å². The number of nitrogens with one attached hydrogen (secondary N) is 1. The fraction of sp³-hybridized carbons (Fsp3) is 0.615. The van der Waals surface area contributed by atoms with Crippen molar-refractivity contribution in [3.63, 3.8) is 0 Å². The summed E-state index contributed by atoms with van der Waals surface area (Å²) in [6.45, 7) is 3.53. The first-order chi connectivity index (χ1) is 9.26. The average molecular weight is 261 g/mol. The zero-order valence-corrected chi connectivity index (χ0v) is 11.2. The number of amides is 1. The minimum atomic E-state index is 0.302. The number of anilines is 1. The number of rotatable bonds is 3. The van der Waals surface area contributed by atoms with Gasteiger partial charge in [-0.15, -0.1) is 0 Å². The Labute approximate surface area is 112 Å². The second kappa shape index (κ2) is 5.13. The number of likely N-dealkylation sites (N-methyl/N-ethyl adjacent to an activating group) is 1. The van der Waals surface area contributed by atoms with E-state index in [0.29, 0.717) is 6.04 Å². The molecule has 1 atom stereocenters. The summed E-state index contributed by atoms with van der Waals surface area (Å²) in [6.07, 6.45) is 4.52. The summed E-state index contributed by atoms with van der Waals surface area (Å²) in [5, 5.41) is 3.48. The quantitative estimate of drug-likeness (QED) is 0.782. The molecular formula is C13H19N5O. The molecule has 6 heteroatoms. The normalized spacial score (nSPS) is 23.2. The van der Waals surface area contributed by atoms with E-state index in [2.05, 4.69) is 27.2 Å². The Morgan fingerprint density at radius 2 is 2.32 bits per heavy atom. The topological polar surface area (TPSA) is 61.4 Å². The Balaban J connectivity index is 1.76. The van der Waals surface area contributed by atoms with Gasteiger partial charge >= 0.3 is 0 Å². The zero-order chi connectivity index (χ0) is 13.2. The molecule has 102 valence electrons. The van der Waals surface area contributed by atoms with Crippen LogP contribution >= 0.6 is 0 Å². The van der Waals surface area contributed by atoms with E-state index in [-0.39, 0.29) is 0 Å². The molecule has 1 amide bonds. The molecule has 1 N–H and O–H groups in total. The number of carbonyl (C=O) groups excluding carboxylic acids is 1. The molecule has 0 unspecified atom stereocenters. The van der Waals surface area contributed by atoms with Crippen molar-refractivity contribution in [1.82, 2.24) is 19.8 Å². The van der Waals surface area contributed by atoms with Gasteiger partial charge in [-0.05, 0) is 13.5 Å². The van der Waals surface area contributed by atoms with Crippen LogP contribution in [0.2, 0.25) is 0 Å². The van der Waals surface area contributed by atoms with Gasteiger partial charge < -0.3 is 15.1 Å². The first kappa shape index (κ1) is 12.3. The van der Waals surface area contributed by atoms with Gasteiger partial charge in [0.05, 0.1) is 5.69 Å². The third-order valence-electron chi connectivity index (χ3n) is 3.90. The van der Waals surface area contributed by atoms with Gasteiger partial charge in [0.1, 0.15) is 12.1 Å². The molecule has 3 rings (SSSR count). The molecule has 1 saturated heterocycles. The van der Waals surface area contributed by atoms with Crippen LogP contribution in [0.1, 0.15) is 17.7 Å². The summed E-state index contributed by atoms with van der Waals surface area (Å²) in [5.74, 6) is 0.939. The monoisotopic (exact) mass is 261 g/mol. The Hall–Kier alpha value is -1.69. The van der Waals surface area contributed by atoms with Crippen molar-refractivity contribution < 1.29 is 4.79 Å². The van der Waals surface area contributed by atoms with Crippen LogP contribution in [-0.2, 0) is 17.8 Å². The molecule has 0 aliphatic carbocycles. The number of hydrogen-bond donors (Lipinski definition) is 1. The van der Waals surface area contributed by atoms with Crippen LogP contribution in [-0.4, -0.2) is 58.9 Å². The van der Waals surface area contributed by atoms with Crippen molar-refractivity contribution in [2.75, 3.05) is 32.0 Å². The molecule has 3 heterocycles. The highest BCUT2D eigenvalue weighted by molar-refractivity contribution is 5.50. The molecule has 2 aliphatic rings. The number of hydrogen-bond acceptors (Lipinski definition) is 5. The molecule has 0 saturated carbocycles. The van der Waals surface area contributed by atoms with Gasteiger partial charge in [0.15, 0.2) is 0 Å². The van der Waals surface area contributed by atoms with E-state index >= 15 is 0 Å². The summed E-state index contributed by atoms with van der Waals surface area (Å²) in [5.41, 5.74) is 2.36. The minimum absolute atomic E-state index is 0.302. The fourth-order valence-electron chi connectivity index (χ4n) is 2.79. The summed E-state index contributed by atoms with van der Waals surface area (Å²) in [7, 11) is 2.11. The Morgan fingerprint density at radius 1 is 1.42 bits per heavy atom. The summed E-state index contributed by atoms with van der Waals surface area (Å²) in [6, 6.07) is 0.302. The van der Waals surface area contributed by atoms with E-state index in [9.17, 15) is 4.79 Å². The Morgan fingerprint density at radius 3 is 3.11 bits per heavy atom. The number of fused-ring (bicyclic) bond motifs is 1. The number of likely N-dealkylation sites (tertiary alicyclic amines) is 1. The van der Waals surface area contributed by atoms with Crippen LogP contribution in [0.3, 0.4) is 0 Å². The van der Waals surface area contributed by atoms with Crippen molar-refractivity contribution >= 4 is 12.2 Å². The van der Waals surface area contributed by atoms with Crippen LogP contribution < -0.4 is 5.32 Å². The number of carbonyl (C=O) groups is 1. The minimum Gasteiger partial charge on any atom is -0.365 e. The molecule has 0 bridgehead atoms. The van der Waals surface area contributed by atoms with Crippen molar-refractivity contribution in [1.29, 1.82) is 0 Å². The van der Waals surface area contributed by atoms with Crippen molar-refractivity contribution in [2.24, 2.45) is 0 Å². The van der Waals surface area contributed by atoms with E-state index in [1.165, 1.54) is 5.56 Å². The van der Waals surface area contributed by atoms with E-state index in [4.69, 9.17) is 0 Å². The lowest BCUT2D eigenvalue weighted by Gasteiger charge is -2.26. The van der Waals surface area contributed by atoms with Crippen LogP contribution in [0.4, 0.5) is 5.82 Å². The second-order valence-electron chi connectivity index (χ2n) is 5.37. The highest BCUT2D eigenvalue weighted by Crippen LogP contribution is 2.23. The van der Waals surface area contributed by atoms with Gasteiger partial charge in [-0.3, -0.25) is 4.79 Å². The first-order valence-electron chi connectivity index (χ1n) is 6.73. The molecule has 1 fully saturated rings. The van der Waals surface area contributed by atoms with Crippen LogP contribution in [0, 0.1) is 0 Å². The molecule has 1 aromatic rings. The van der Waals surface area contributed by atoms with Gasteiger partial charge in [-0.1, -0.05) is 0 Å². The van der Waals surface area contributed by atoms with E-state index in [1.807, 2.05) is 0 Å². The molecular weight excluding hydrogens is 242 g/mol. The summed E-state index contributed by atoms with van der Waals surface area (Å²) >= 11 is 0. The number of nitrogens with zero attached hydrogens (tertiary/aromatic N) is 4. The lowest BCUT2D eigenvalue weighted by Crippen LogP contribution is -2.31. The lowest BCUT2D eigenvalue weighted by molar-refractivity contribution is -0.117. The third kappa shape index (κ3) is 2.53. The first-order valence-corrected chi connectivity index (χ1v) is 6.73. The van der Waals surface area contributed by atoms with Gasteiger partial charge in [-0.25, -0.2) is 9.97 Å².